The monoisotopic (exact) mass is 139 g/mol. The zero-order chi connectivity index (χ0) is 7.56. The van der Waals surface area contributed by atoms with Crippen molar-refractivity contribution in [1.29, 1.82) is 5.26 Å². The number of carbonyl (C=O) groups is 1. The van der Waals surface area contributed by atoms with Crippen LogP contribution in [-0.4, -0.2) is 23.5 Å². The van der Waals surface area contributed by atoms with Crippen LogP contribution >= 0.6 is 0 Å². The number of nitrogens with two attached hydrogens (primary N) is 1. The molecule has 4 nitrogen and oxygen atoms in total. The average molecular weight is 139 g/mol. The highest BCUT2D eigenvalue weighted by molar-refractivity contribution is 5.73. The van der Waals surface area contributed by atoms with E-state index < -0.39 is 6.03 Å². The van der Waals surface area contributed by atoms with E-state index in [-0.39, 0.29) is 6.04 Å². The van der Waals surface area contributed by atoms with Crippen LogP contribution in [0.25, 0.3) is 0 Å². The van der Waals surface area contributed by atoms with Crippen molar-refractivity contribution in [2.24, 2.45) is 5.73 Å². The maximum absolute atomic E-state index is 10.6. The second kappa shape index (κ2) is 2.56. The molecule has 2 N–H and O–H groups in total. The number of nitriles is 1. The van der Waals surface area contributed by atoms with Gasteiger partial charge >= 0.3 is 6.03 Å². The molecule has 0 aromatic carbocycles. The van der Waals surface area contributed by atoms with Crippen molar-refractivity contribution < 1.29 is 4.79 Å². The summed E-state index contributed by atoms with van der Waals surface area (Å²) in [7, 11) is 0. The molecule has 0 aliphatic carbocycles. The minimum absolute atomic E-state index is 0.280. The van der Waals surface area contributed by atoms with Gasteiger partial charge in [-0.15, -0.1) is 0 Å². The van der Waals surface area contributed by atoms with Gasteiger partial charge in [0, 0.05) is 6.54 Å². The topological polar surface area (TPSA) is 70.1 Å². The van der Waals surface area contributed by atoms with E-state index in [9.17, 15) is 4.79 Å². The molecule has 1 aliphatic rings. The van der Waals surface area contributed by atoms with Crippen LogP contribution in [0.5, 0.6) is 0 Å². The van der Waals surface area contributed by atoms with Crippen molar-refractivity contribution in [3.63, 3.8) is 0 Å². The molecule has 0 aromatic heterocycles. The quantitative estimate of drug-likeness (QED) is 0.515. The summed E-state index contributed by atoms with van der Waals surface area (Å²) in [6.07, 6.45) is 1.65. The minimum atomic E-state index is -0.482. The second-order valence-electron chi connectivity index (χ2n) is 2.32. The normalized spacial score (nSPS) is 24.3. The van der Waals surface area contributed by atoms with Gasteiger partial charge in [0.25, 0.3) is 0 Å². The van der Waals surface area contributed by atoms with Gasteiger partial charge in [-0.2, -0.15) is 5.26 Å². The van der Waals surface area contributed by atoms with Crippen molar-refractivity contribution >= 4 is 6.03 Å². The van der Waals surface area contributed by atoms with Crippen molar-refractivity contribution in [1.82, 2.24) is 4.90 Å². The first-order valence-electron chi connectivity index (χ1n) is 3.21. The molecule has 1 fully saturated rings. The van der Waals surface area contributed by atoms with Gasteiger partial charge in [0.1, 0.15) is 6.04 Å². The van der Waals surface area contributed by atoms with Gasteiger partial charge in [-0.3, -0.25) is 0 Å². The van der Waals surface area contributed by atoms with Crippen LogP contribution in [-0.2, 0) is 0 Å². The minimum Gasteiger partial charge on any atom is -0.351 e. The Kier molecular flexibility index (Phi) is 1.76. The number of likely N-dealkylation sites (tertiary alicyclic amines) is 1. The largest absolute Gasteiger partial charge is 0.351 e. The first-order valence-corrected chi connectivity index (χ1v) is 3.21. The lowest BCUT2D eigenvalue weighted by molar-refractivity contribution is 0.211. The number of rotatable bonds is 0. The number of primary amides is 1. The van der Waals surface area contributed by atoms with Gasteiger partial charge < -0.3 is 10.6 Å². The van der Waals surface area contributed by atoms with E-state index >= 15 is 0 Å². The molecule has 0 bridgehead atoms. The Morgan fingerprint density at radius 2 is 2.50 bits per heavy atom. The van der Waals surface area contributed by atoms with E-state index in [2.05, 4.69) is 0 Å². The molecule has 10 heavy (non-hydrogen) atoms. The number of amides is 2. The third-order valence-electron chi connectivity index (χ3n) is 1.68. The van der Waals surface area contributed by atoms with Gasteiger partial charge in [-0.1, -0.05) is 0 Å². The van der Waals surface area contributed by atoms with Crippen LogP contribution in [0.1, 0.15) is 12.8 Å². The molecule has 1 rings (SSSR count). The fourth-order valence-corrected chi connectivity index (χ4v) is 1.16. The molecule has 1 heterocycles. The summed E-state index contributed by atoms with van der Waals surface area (Å²) >= 11 is 0. The highest BCUT2D eigenvalue weighted by Crippen LogP contribution is 2.14. The SMILES string of the molecule is N#C[C@@H]1CCCN1C(N)=O. The number of urea groups is 1. The smallest absolute Gasteiger partial charge is 0.315 e. The Morgan fingerprint density at radius 3 is 2.90 bits per heavy atom. The van der Waals surface area contributed by atoms with Crippen LogP contribution in [0.15, 0.2) is 0 Å². The maximum Gasteiger partial charge on any atom is 0.315 e. The van der Waals surface area contributed by atoms with Crippen LogP contribution in [0.4, 0.5) is 4.79 Å². The first kappa shape index (κ1) is 6.87. The first-order chi connectivity index (χ1) is 4.75. The van der Waals surface area contributed by atoms with Crippen LogP contribution in [0, 0.1) is 11.3 Å². The fourth-order valence-electron chi connectivity index (χ4n) is 1.16. The summed E-state index contributed by atoms with van der Waals surface area (Å²) in [6.45, 7) is 0.633. The predicted octanol–water partition coefficient (Wildman–Crippen LogP) is 0.0531. The van der Waals surface area contributed by atoms with E-state index in [1.165, 1.54) is 4.90 Å². The number of hydrogen-bond donors (Lipinski definition) is 1. The molecule has 0 saturated carbocycles. The van der Waals surface area contributed by atoms with Crippen molar-refractivity contribution in [2.75, 3.05) is 6.54 Å². The number of carbonyl (C=O) groups excluding carboxylic acids is 1. The molecule has 1 atom stereocenters. The molecule has 0 aromatic rings. The Labute approximate surface area is 59.2 Å². The lowest BCUT2D eigenvalue weighted by Crippen LogP contribution is -2.38. The van der Waals surface area contributed by atoms with Crippen LogP contribution < -0.4 is 5.73 Å². The third-order valence-corrected chi connectivity index (χ3v) is 1.68. The highest BCUT2D eigenvalue weighted by atomic mass is 16.2. The Bertz CT molecular complexity index is 184. The molecular formula is C6H9N3O. The summed E-state index contributed by atoms with van der Waals surface area (Å²) in [4.78, 5) is 12.0. The Hall–Kier alpha value is -1.24. The van der Waals surface area contributed by atoms with Gasteiger partial charge in [0.2, 0.25) is 0 Å². The lowest BCUT2D eigenvalue weighted by Gasteiger charge is -2.15. The van der Waals surface area contributed by atoms with Crippen molar-refractivity contribution in [2.45, 2.75) is 18.9 Å². The van der Waals surface area contributed by atoms with Gasteiger partial charge in [-0.25, -0.2) is 4.79 Å². The molecule has 2 amide bonds. The molecule has 1 aliphatic heterocycles. The molecule has 54 valence electrons. The number of nitrogens with zero attached hydrogens (tertiary/aromatic N) is 2. The zero-order valence-electron chi connectivity index (χ0n) is 5.58. The van der Waals surface area contributed by atoms with E-state index in [4.69, 9.17) is 11.0 Å². The van der Waals surface area contributed by atoms with E-state index in [0.717, 1.165) is 12.8 Å². The van der Waals surface area contributed by atoms with Crippen LogP contribution in [0.2, 0.25) is 0 Å². The van der Waals surface area contributed by atoms with E-state index in [0.29, 0.717) is 6.54 Å². The molecule has 4 heteroatoms. The van der Waals surface area contributed by atoms with Crippen molar-refractivity contribution in [3.8, 4) is 6.07 Å². The molecule has 1 saturated heterocycles. The summed E-state index contributed by atoms with van der Waals surface area (Å²) in [6, 6.07) is 1.26. The predicted molar refractivity (Wildman–Crippen MR) is 34.9 cm³/mol. The summed E-state index contributed by atoms with van der Waals surface area (Å²) < 4.78 is 0. The number of hydrogen-bond acceptors (Lipinski definition) is 2. The van der Waals surface area contributed by atoms with Crippen LogP contribution in [0.3, 0.4) is 0 Å². The van der Waals surface area contributed by atoms with Gasteiger partial charge in [0.15, 0.2) is 0 Å². The fraction of sp³-hybridized carbons (Fsp3) is 0.667. The molecule has 0 unspecified atom stereocenters. The van der Waals surface area contributed by atoms with E-state index in [1.807, 2.05) is 6.07 Å². The van der Waals surface area contributed by atoms with Gasteiger partial charge in [-0.05, 0) is 12.8 Å². The highest BCUT2D eigenvalue weighted by Gasteiger charge is 2.26. The Balaban J connectivity index is 2.61. The second-order valence-corrected chi connectivity index (χ2v) is 2.32. The molecular weight excluding hydrogens is 130 g/mol. The molecule has 0 spiro atoms. The zero-order valence-corrected chi connectivity index (χ0v) is 5.58. The third kappa shape index (κ3) is 1.03. The van der Waals surface area contributed by atoms with Crippen molar-refractivity contribution in [3.05, 3.63) is 0 Å². The lowest BCUT2D eigenvalue weighted by atomic mass is 10.2. The molecule has 0 radical (unpaired) electrons. The summed E-state index contributed by atoms with van der Waals surface area (Å²) in [5.41, 5.74) is 5.00. The standard InChI is InChI=1S/C6H9N3O/c7-4-5-2-1-3-9(5)6(8)10/h5H,1-3H2,(H2,8,10)/t5-/m0/s1. The van der Waals surface area contributed by atoms with E-state index in [1.54, 1.807) is 0 Å². The summed E-state index contributed by atoms with van der Waals surface area (Å²) in [5.74, 6) is 0. The van der Waals surface area contributed by atoms with Gasteiger partial charge in [0.05, 0.1) is 6.07 Å². The Morgan fingerprint density at radius 1 is 1.80 bits per heavy atom. The summed E-state index contributed by atoms with van der Waals surface area (Å²) in [5, 5.41) is 8.49. The average Bonchev–Trinajstić information content (AvgIpc) is 2.33. The maximum atomic E-state index is 10.6.